The highest BCUT2D eigenvalue weighted by molar-refractivity contribution is 5.85. The summed E-state index contributed by atoms with van der Waals surface area (Å²) < 4.78 is 16.1. The standard InChI is InChI=1S/C17H28N2O4.ClH/c1-13(12-18-2)17(20)19(3)7-6-8-23-16-10-14(21-4)9-15(11-16)22-5;/h9-11,13,18H,6-8,12H2,1-5H3;1H. The average Bonchev–Trinajstić information content (AvgIpc) is 2.57. The summed E-state index contributed by atoms with van der Waals surface area (Å²) in [5, 5.41) is 3.02. The molecule has 0 bridgehead atoms. The highest BCUT2D eigenvalue weighted by Gasteiger charge is 2.16. The van der Waals surface area contributed by atoms with Crippen molar-refractivity contribution < 1.29 is 19.0 Å². The number of carbonyl (C=O) groups is 1. The number of carbonyl (C=O) groups excluding carboxylic acids is 1. The minimum Gasteiger partial charge on any atom is -0.496 e. The normalized spacial score (nSPS) is 11.2. The van der Waals surface area contributed by atoms with Crippen LogP contribution in [0.25, 0.3) is 0 Å². The third kappa shape index (κ3) is 7.27. The molecule has 0 aromatic heterocycles. The van der Waals surface area contributed by atoms with Gasteiger partial charge in [0.15, 0.2) is 0 Å². The number of rotatable bonds is 10. The Morgan fingerprint density at radius 1 is 1.17 bits per heavy atom. The van der Waals surface area contributed by atoms with Crippen LogP contribution < -0.4 is 19.5 Å². The molecule has 1 aromatic carbocycles. The molecule has 6 nitrogen and oxygen atoms in total. The molecular weight excluding hydrogens is 332 g/mol. The Bertz CT molecular complexity index is 477. The van der Waals surface area contributed by atoms with Crippen molar-refractivity contribution in [2.45, 2.75) is 13.3 Å². The lowest BCUT2D eigenvalue weighted by molar-refractivity contribution is -0.133. The predicted octanol–water partition coefficient (Wildman–Crippen LogP) is 2.21. The van der Waals surface area contributed by atoms with Crippen LogP contribution in [0.3, 0.4) is 0 Å². The highest BCUT2D eigenvalue weighted by atomic mass is 35.5. The van der Waals surface area contributed by atoms with Crippen LogP contribution in [0.1, 0.15) is 13.3 Å². The zero-order chi connectivity index (χ0) is 17.2. The maximum atomic E-state index is 12.1. The Hall–Kier alpha value is -1.66. The molecule has 0 aliphatic carbocycles. The molecule has 24 heavy (non-hydrogen) atoms. The fraction of sp³-hybridized carbons (Fsp3) is 0.588. The molecule has 0 heterocycles. The first-order chi connectivity index (χ1) is 11.0. The van der Waals surface area contributed by atoms with E-state index in [4.69, 9.17) is 14.2 Å². The number of benzene rings is 1. The van der Waals surface area contributed by atoms with E-state index in [1.807, 2.05) is 33.2 Å². The summed E-state index contributed by atoms with van der Waals surface area (Å²) >= 11 is 0. The lowest BCUT2D eigenvalue weighted by Gasteiger charge is -2.21. The quantitative estimate of drug-likeness (QED) is 0.648. The van der Waals surface area contributed by atoms with Crippen LogP contribution in [0, 0.1) is 5.92 Å². The largest absolute Gasteiger partial charge is 0.496 e. The maximum absolute atomic E-state index is 12.1. The lowest BCUT2D eigenvalue weighted by atomic mass is 10.1. The van der Waals surface area contributed by atoms with Gasteiger partial charge < -0.3 is 24.4 Å². The Balaban J connectivity index is 0.00000529. The second-order valence-corrected chi connectivity index (χ2v) is 5.47. The molecule has 138 valence electrons. The first kappa shape index (κ1) is 22.3. The third-order valence-corrected chi connectivity index (χ3v) is 3.54. The van der Waals surface area contributed by atoms with Crippen LogP contribution in [0.5, 0.6) is 17.2 Å². The predicted molar refractivity (Wildman–Crippen MR) is 97.6 cm³/mol. The Morgan fingerprint density at radius 2 is 1.71 bits per heavy atom. The summed E-state index contributed by atoms with van der Waals surface area (Å²) in [6.45, 7) is 3.79. The molecule has 0 aliphatic rings. The van der Waals surface area contributed by atoms with Crippen molar-refractivity contribution in [3.05, 3.63) is 18.2 Å². The van der Waals surface area contributed by atoms with E-state index in [9.17, 15) is 4.79 Å². The molecule has 0 spiro atoms. The number of nitrogens with one attached hydrogen (secondary N) is 1. The van der Waals surface area contributed by atoms with Crippen molar-refractivity contribution in [2.75, 3.05) is 48.0 Å². The Morgan fingerprint density at radius 3 is 2.21 bits per heavy atom. The summed E-state index contributed by atoms with van der Waals surface area (Å²) in [4.78, 5) is 13.8. The number of nitrogens with zero attached hydrogens (tertiary/aromatic N) is 1. The van der Waals surface area contributed by atoms with Crippen LogP contribution in [0.15, 0.2) is 18.2 Å². The molecule has 7 heteroatoms. The summed E-state index contributed by atoms with van der Waals surface area (Å²) in [5.74, 6) is 2.19. The molecule has 1 unspecified atom stereocenters. The first-order valence-electron chi connectivity index (χ1n) is 7.77. The van der Waals surface area contributed by atoms with E-state index < -0.39 is 0 Å². The molecule has 0 aliphatic heterocycles. The van der Waals surface area contributed by atoms with Gasteiger partial charge in [-0.25, -0.2) is 0 Å². The van der Waals surface area contributed by atoms with Gasteiger partial charge in [0, 0.05) is 44.3 Å². The molecule has 0 saturated carbocycles. The molecular formula is C17H29ClN2O4. The zero-order valence-electron chi connectivity index (χ0n) is 15.1. The van der Waals surface area contributed by atoms with Crippen molar-refractivity contribution in [1.82, 2.24) is 10.2 Å². The number of ether oxygens (including phenoxy) is 3. The van der Waals surface area contributed by atoms with Gasteiger partial charge in [-0.15, -0.1) is 12.4 Å². The van der Waals surface area contributed by atoms with Crippen molar-refractivity contribution in [3.8, 4) is 17.2 Å². The van der Waals surface area contributed by atoms with Crippen molar-refractivity contribution in [3.63, 3.8) is 0 Å². The Labute approximate surface area is 150 Å². The van der Waals surface area contributed by atoms with Crippen molar-refractivity contribution in [2.24, 2.45) is 5.92 Å². The fourth-order valence-electron chi connectivity index (χ4n) is 2.24. The number of halogens is 1. The van der Waals surface area contributed by atoms with Gasteiger partial charge in [-0.05, 0) is 13.5 Å². The number of hydrogen-bond acceptors (Lipinski definition) is 5. The van der Waals surface area contributed by atoms with Crippen LogP contribution in [0.2, 0.25) is 0 Å². The number of amides is 1. The molecule has 0 fully saturated rings. The molecule has 0 saturated heterocycles. The van der Waals surface area contributed by atoms with Gasteiger partial charge in [0.05, 0.1) is 20.8 Å². The Kier molecular flexibility index (Phi) is 11.0. The van der Waals surface area contributed by atoms with Gasteiger partial charge in [0.1, 0.15) is 17.2 Å². The van der Waals surface area contributed by atoms with E-state index in [0.29, 0.717) is 36.9 Å². The zero-order valence-corrected chi connectivity index (χ0v) is 15.9. The maximum Gasteiger partial charge on any atom is 0.226 e. The lowest BCUT2D eigenvalue weighted by Crippen LogP contribution is -2.36. The minimum atomic E-state index is -0.0198. The monoisotopic (exact) mass is 360 g/mol. The molecule has 1 aromatic rings. The van der Waals surface area contributed by atoms with Crippen LogP contribution in [-0.4, -0.2) is 58.8 Å². The van der Waals surface area contributed by atoms with Gasteiger partial charge in [-0.2, -0.15) is 0 Å². The molecule has 0 radical (unpaired) electrons. The van der Waals surface area contributed by atoms with E-state index in [2.05, 4.69) is 5.32 Å². The van der Waals surface area contributed by atoms with E-state index >= 15 is 0 Å². The van der Waals surface area contributed by atoms with E-state index in [1.54, 1.807) is 25.2 Å². The SMILES string of the molecule is CNCC(C)C(=O)N(C)CCCOc1cc(OC)cc(OC)c1.Cl. The van der Waals surface area contributed by atoms with Crippen molar-refractivity contribution >= 4 is 18.3 Å². The molecule has 1 atom stereocenters. The van der Waals surface area contributed by atoms with Gasteiger partial charge in [0.2, 0.25) is 5.91 Å². The van der Waals surface area contributed by atoms with E-state index in [0.717, 1.165) is 6.42 Å². The average molecular weight is 361 g/mol. The number of hydrogen-bond donors (Lipinski definition) is 1. The van der Waals surface area contributed by atoms with Gasteiger partial charge in [-0.1, -0.05) is 6.92 Å². The van der Waals surface area contributed by atoms with Crippen LogP contribution in [-0.2, 0) is 4.79 Å². The second-order valence-electron chi connectivity index (χ2n) is 5.47. The van der Waals surface area contributed by atoms with E-state index in [-0.39, 0.29) is 24.2 Å². The van der Waals surface area contributed by atoms with Crippen LogP contribution in [0.4, 0.5) is 0 Å². The van der Waals surface area contributed by atoms with Gasteiger partial charge >= 0.3 is 0 Å². The van der Waals surface area contributed by atoms with Gasteiger partial charge in [-0.3, -0.25) is 4.79 Å². The van der Waals surface area contributed by atoms with E-state index in [1.165, 1.54) is 0 Å². The van der Waals surface area contributed by atoms with Crippen LogP contribution >= 0.6 is 12.4 Å². The summed E-state index contributed by atoms with van der Waals surface area (Å²) in [5.41, 5.74) is 0. The van der Waals surface area contributed by atoms with Gasteiger partial charge in [0.25, 0.3) is 0 Å². The summed E-state index contributed by atoms with van der Waals surface area (Å²) in [7, 11) is 6.87. The molecule has 1 amide bonds. The van der Waals surface area contributed by atoms with Crippen molar-refractivity contribution in [1.29, 1.82) is 0 Å². The topological polar surface area (TPSA) is 60.0 Å². The smallest absolute Gasteiger partial charge is 0.226 e. The highest BCUT2D eigenvalue weighted by Crippen LogP contribution is 2.27. The fourth-order valence-corrected chi connectivity index (χ4v) is 2.24. The minimum absolute atomic E-state index is 0. The molecule has 1 rings (SSSR count). The first-order valence-corrected chi connectivity index (χ1v) is 7.77. The third-order valence-electron chi connectivity index (χ3n) is 3.54. The summed E-state index contributed by atoms with van der Waals surface area (Å²) in [6, 6.07) is 5.42. The summed E-state index contributed by atoms with van der Waals surface area (Å²) in [6.07, 6.45) is 0.758. The molecule has 1 N–H and O–H groups in total. The second kappa shape index (κ2) is 11.8. The number of methoxy groups -OCH3 is 2.